The number of imidazole rings is 1. The number of aromatic amines is 1. The normalized spacial score (nSPS) is 11.4. The maximum absolute atomic E-state index is 10.6. The van der Waals surface area contributed by atoms with Crippen LogP contribution in [0, 0.1) is 0 Å². The molecule has 0 bridgehead atoms. The standard InChI is InChI=1S/C4H5N3O4S/c5-12(10,11)4-6-1-2(7-4)3(8)9/h1H,(H,6,7)(H,8,9)(H2,5,10,11). The van der Waals surface area contributed by atoms with Crippen molar-refractivity contribution < 1.29 is 18.3 Å². The van der Waals surface area contributed by atoms with Gasteiger partial charge >= 0.3 is 5.97 Å². The first-order valence-corrected chi connectivity index (χ1v) is 4.27. The minimum atomic E-state index is -3.95. The third-order valence-electron chi connectivity index (χ3n) is 1.05. The van der Waals surface area contributed by atoms with E-state index in [4.69, 9.17) is 5.11 Å². The predicted molar refractivity (Wildman–Crippen MR) is 36.9 cm³/mol. The SMILES string of the molecule is NS(=O)(=O)c1ncc(C(=O)O)[nH]1. The van der Waals surface area contributed by atoms with Gasteiger partial charge in [0.15, 0.2) is 0 Å². The number of hydrogen-bond acceptors (Lipinski definition) is 4. The second kappa shape index (κ2) is 2.57. The Morgan fingerprint density at radius 2 is 2.25 bits per heavy atom. The number of H-pyrrole nitrogens is 1. The molecule has 0 amide bonds. The second-order valence-electron chi connectivity index (χ2n) is 1.95. The van der Waals surface area contributed by atoms with E-state index in [0.717, 1.165) is 6.20 Å². The topological polar surface area (TPSA) is 126 Å². The zero-order chi connectivity index (χ0) is 9.35. The van der Waals surface area contributed by atoms with Crippen molar-refractivity contribution in [3.8, 4) is 0 Å². The molecule has 0 fully saturated rings. The van der Waals surface area contributed by atoms with Gasteiger partial charge in [0.1, 0.15) is 5.69 Å². The summed E-state index contributed by atoms with van der Waals surface area (Å²) in [6.07, 6.45) is 0.877. The van der Waals surface area contributed by atoms with Crippen LogP contribution in [-0.4, -0.2) is 29.5 Å². The van der Waals surface area contributed by atoms with Crippen LogP contribution >= 0.6 is 0 Å². The molecule has 0 saturated heterocycles. The Bertz CT molecular complexity index is 406. The fourth-order valence-corrected chi connectivity index (χ4v) is 1.01. The van der Waals surface area contributed by atoms with Crippen molar-refractivity contribution in [2.75, 3.05) is 0 Å². The Morgan fingerprint density at radius 3 is 2.50 bits per heavy atom. The molecule has 0 spiro atoms. The summed E-state index contributed by atoms with van der Waals surface area (Å²) in [4.78, 5) is 15.5. The fourth-order valence-electron chi connectivity index (χ4n) is 0.556. The molecule has 4 N–H and O–H groups in total. The highest BCUT2D eigenvalue weighted by Gasteiger charge is 2.14. The van der Waals surface area contributed by atoms with Crippen LogP contribution in [0.4, 0.5) is 0 Å². The van der Waals surface area contributed by atoms with E-state index >= 15 is 0 Å². The Morgan fingerprint density at radius 1 is 1.67 bits per heavy atom. The lowest BCUT2D eigenvalue weighted by atomic mass is 10.5. The summed E-state index contributed by atoms with van der Waals surface area (Å²) in [6.45, 7) is 0. The molecule has 0 aliphatic rings. The van der Waals surface area contributed by atoms with E-state index in [0.29, 0.717) is 0 Å². The third kappa shape index (κ3) is 1.60. The van der Waals surface area contributed by atoms with E-state index in [9.17, 15) is 13.2 Å². The molecular formula is C4H5N3O4S. The largest absolute Gasteiger partial charge is 0.477 e. The van der Waals surface area contributed by atoms with Gasteiger partial charge in [-0.3, -0.25) is 0 Å². The van der Waals surface area contributed by atoms with Crippen molar-refractivity contribution in [3.63, 3.8) is 0 Å². The molecule has 8 heteroatoms. The van der Waals surface area contributed by atoms with Crippen LogP contribution in [0.1, 0.15) is 10.5 Å². The number of sulfonamides is 1. The lowest BCUT2D eigenvalue weighted by Crippen LogP contribution is -2.14. The van der Waals surface area contributed by atoms with Gasteiger partial charge in [-0.25, -0.2) is 23.3 Å². The van der Waals surface area contributed by atoms with E-state index in [-0.39, 0.29) is 5.69 Å². The van der Waals surface area contributed by atoms with Crippen LogP contribution in [0.15, 0.2) is 11.4 Å². The molecule has 0 unspecified atom stereocenters. The van der Waals surface area contributed by atoms with Crippen molar-refractivity contribution in [2.24, 2.45) is 5.14 Å². The predicted octanol–water partition coefficient (Wildman–Crippen LogP) is -1.24. The summed E-state index contributed by atoms with van der Waals surface area (Å²) in [5.41, 5.74) is -0.320. The number of aromatic nitrogens is 2. The molecule has 1 rings (SSSR count). The Labute approximate surface area is 67.3 Å². The van der Waals surface area contributed by atoms with Gasteiger partial charge in [0.2, 0.25) is 5.16 Å². The lowest BCUT2D eigenvalue weighted by molar-refractivity contribution is 0.0690. The highest BCUT2D eigenvalue weighted by molar-refractivity contribution is 7.89. The monoisotopic (exact) mass is 191 g/mol. The number of carboxylic acid groups (broad SMARTS) is 1. The molecule has 0 atom stereocenters. The maximum atomic E-state index is 10.6. The summed E-state index contributed by atoms with van der Waals surface area (Å²) in [7, 11) is -3.95. The fraction of sp³-hybridized carbons (Fsp3) is 0. The number of nitrogens with zero attached hydrogens (tertiary/aromatic N) is 1. The van der Waals surface area contributed by atoms with Gasteiger partial charge in [-0.05, 0) is 0 Å². The molecule has 0 aliphatic heterocycles. The van der Waals surface area contributed by atoms with E-state index in [1.54, 1.807) is 0 Å². The van der Waals surface area contributed by atoms with Gasteiger partial charge in [-0.1, -0.05) is 0 Å². The van der Waals surface area contributed by atoms with Gasteiger partial charge in [-0.15, -0.1) is 0 Å². The summed E-state index contributed by atoms with van der Waals surface area (Å²) < 4.78 is 21.1. The first-order chi connectivity index (χ1) is 5.41. The minimum Gasteiger partial charge on any atom is -0.477 e. The van der Waals surface area contributed by atoms with Gasteiger partial charge in [0.05, 0.1) is 6.20 Å². The smallest absolute Gasteiger partial charge is 0.353 e. The Kier molecular flexibility index (Phi) is 1.86. The summed E-state index contributed by atoms with van der Waals surface area (Å²) in [5.74, 6) is -1.29. The number of primary sulfonamides is 1. The van der Waals surface area contributed by atoms with E-state index in [1.807, 2.05) is 4.98 Å². The van der Waals surface area contributed by atoms with Gasteiger partial charge < -0.3 is 10.1 Å². The first-order valence-electron chi connectivity index (χ1n) is 2.72. The Balaban J connectivity index is 3.17. The average Bonchev–Trinajstić information content (AvgIpc) is 2.30. The van der Waals surface area contributed by atoms with Crippen molar-refractivity contribution in [2.45, 2.75) is 5.16 Å². The quantitative estimate of drug-likeness (QED) is 0.538. The van der Waals surface area contributed by atoms with E-state index in [2.05, 4.69) is 10.1 Å². The van der Waals surface area contributed by atoms with Crippen LogP contribution in [-0.2, 0) is 10.0 Å². The number of carboxylic acids is 1. The number of rotatable bonds is 2. The highest BCUT2D eigenvalue weighted by Crippen LogP contribution is 2.00. The van der Waals surface area contributed by atoms with Crippen molar-refractivity contribution >= 4 is 16.0 Å². The zero-order valence-corrected chi connectivity index (χ0v) is 6.50. The molecule has 0 aliphatic carbocycles. The first kappa shape index (κ1) is 8.68. The molecule has 0 saturated carbocycles. The molecule has 66 valence electrons. The molecule has 1 aromatic heterocycles. The zero-order valence-electron chi connectivity index (χ0n) is 5.68. The number of carbonyl (C=O) groups is 1. The Hall–Kier alpha value is -1.41. The van der Waals surface area contributed by atoms with Crippen molar-refractivity contribution in [1.29, 1.82) is 0 Å². The van der Waals surface area contributed by atoms with Crippen molar-refractivity contribution in [3.05, 3.63) is 11.9 Å². The third-order valence-corrected chi connectivity index (χ3v) is 1.80. The summed E-state index contributed by atoms with van der Waals surface area (Å²) >= 11 is 0. The van der Waals surface area contributed by atoms with E-state index in [1.165, 1.54) is 0 Å². The lowest BCUT2D eigenvalue weighted by Gasteiger charge is -1.88. The summed E-state index contributed by atoms with van der Waals surface area (Å²) in [6, 6.07) is 0. The van der Waals surface area contributed by atoms with Gasteiger partial charge in [0.25, 0.3) is 10.0 Å². The van der Waals surface area contributed by atoms with Crippen molar-refractivity contribution in [1.82, 2.24) is 9.97 Å². The van der Waals surface area contributed by atoms with Crippen LogP contribution in [0.3, 0.4) is 0 Å². The highest BCUT2D eigenvalue weighted by atomic mass is 32.2. The van der Waals surface area contributed by atoms with Crippen LogP contribution in [0.2, 0.25) is 0 Å². The molecule has 1 aromatic rings. The number of nitrogens with two attached hydrogens (primary N) is 1. The minimum absolute atomic E-state index is 0.320. The molecule has 1 heterocycles. The number of aromatic carboxylic acids is 1. The van der Waals surface area contributed by atoms with Crippen LogP contribution < -0.4 is 5.14 Å². The molecule has 12 heavy (non-hydrogen) atoms. The number of nitrogens with one attached hydrogen (secondary N) is 1. The number of hydrogen-bond donors (Lipinski definition) is 3. The molecular weight excluding hydrogens is 186 g/mol. The van der Waals surface area contributed by atoms with Gasteiger partial charge in [-0.2, -0.15) is 0 Å². The second-order valence-corrected chi connectivity index (χ2v) is 3.43. The average molecular weight is 191 g/mol. The van der Waals surface area contributed by atoms with Crippen LogP contribution in [0.25, 0.3) is 0 Å². The molecule has 0 aromatic carbocycles. The molecule has 7 nitrogen and oxygen atoms in total. The van der Waals surface area contributed by atoms with Crippen LogP contribution in [0.5, 0.6) is 0 Å². The maximum Gasteiger partial charge on any atom is 0.353 e. The molecule has 0 radical (unpaired) electrons. The summed E-state index contributed by atoms with van der Waals surface area (Å²) in [5, 5.41) is 12.5. The van der Waals surface area contributed by atoms with E-state index < -0.39 is 21.1 Å². The van der Waals surface area contributed by atoms with Gasteiger partial charge in [0, 0.05) is 0 Å².